The smallest absolute Gasteiger partial charge is 0.236 e. The highest BCUT2D eigenvalue weighted by Crippen LogP contribution is 2.38. The van der Waals surface area contributed by atoms with E-state index in [-0.39, 0.29) is 17.9 Å². The Morgan fingerprint density at radius 3 is 2.34 bits per heavy atom. The SMILES string of the molecule is O=C(CCC1CCCC1)N1CCCN(C(=O)CN2CCc3sccc3[C@H]2c2ccc(Cl)cc2)CC1. The minimum Gasteiger partial charge on any atom is -0.341 e. The van der Waals surface area contributed by atoms with Gasteiger partial charge in [-0.3, -0.25) is 14.5 Å². The van der Waals surface area contributed by atoms with Crippen LogP contribution in [0.3, 0.4) is 0 Å². The Labute approximate surface area is 218 Å². The summed E-state index contributed by atoms with van der Waals surface area (Å²) >= 11 is 7.96. The minimum absolute atomic E-state index is 0.0758. The molecule has 1 aliphatic carbocycles. The molecule has 1 saturated heterocycles. The molecule has 5 rings (SSSR count). The summed E-state index contributed by atoms with van der Waals surface area (Å²) in [5, 5.41) is 2.89. The van der Waals surface area contributed by atoms with E-state index < -0.39 is 0 Å². The fraction of sp³-hybridized carbons (Fsp3) is 0.571. The highest BCUT2D eigenvalue weighted by atomic mass is 35.5. The highest BCUT2D eigenvalue weighted by Gasteiger charge is 2.32. The standard InChI is InChI=1S/C28H36ClN3O2S/c29-23-9-7-22(8-10-23)28-24-13-19-35-25(24)12-16-32(28)20-27(34)31-15-3-14-30(17-18-31)26(33)11-6-21-4-1-2-5-21/h7-10,13,19,21,28H,1-6,11-12,14-18,20H2/t28-/m1/s1. The number of fused-ring (bicyclic) bond motifs is 1. The topological polar surface area (TPSA) is 43.9 Å². The van der Waals surface area contributed by atoms with Gasteiger partial charge in [0.05, 0.1) is 12.6 Å². The summed E-state index contributed by atoms with van der Waals surface area (Å²) in [7, 11) is 0. The zero-order chi connectivity index (χ0) is 24.2. The van der Waals surface area contributed by atoms with Gasteiger partial charge in [0.2, 0.25) is 11.8 Å². The molecule has 188 valence electrons. The van der Waals surface area contributed by atoms with E-state index in [1.165, 1.54) is 41.7 Å². The predicted molar refractivity (Wildman–Crippen MR) is 142 cm³/mol. The normalized spacial score (nSPS) is 21.7. The average molecular weight is 514 g/mol. The van der Waals surface area contributed by atoms with E-state index in [1.54, 1.807) is 0 Å². The highest BCUT2D eigenvalue weighted by molar-refractivity contribution is 7.10. The van der Waals surface area contributed by atoms with E-state index in [1.807, 2.05) is 33.3 Å². The van der Waals surface area contributed by atoms with Gasteiger partial charge < -0.3 is 9.80 Å². The number of benzene rings is 1. The molecule has 2 aromatic rings. The first-order valence-electron chi connectivity index (χ1n) is 13.2. The third-order valence-electron chi connectivity index (χ3n) is 8.03. The van der Waals surface area contributed by atoms with E-state index >= 15 is 0 Å². The number of carbonyl (C=O) groups excluding carboxylic acids is 2. The minimum atomic E-state index is 0.0758. The van der Waals surface area contributed by atoms with Crippen LogP contribution in [-0.4, -0.2) is 65.8 Å². The second-order valence-electron chi connectivity index (χ2n) is 10.3. The Kier molecular flexibility index (Phi) is 8.11. The summed E-state index contributed by atoms with van der Waals surface area (Å²) in [6, 6.07) is 10.3. The Bertz CT molecular complexity index is 1020. The zero-order valence-electron chi connectivity index (χ0n) is 20.5. The molecule has 7 heteroatoms. The van der Waals surface area contributed by atoms with Crippen molar-refractivity contribution in [1.82, 2.24) is 14.7 Å². The van der Waals surface area contributed by atoms with E-state index in [2.05, 4.69) is 28.5 Å². The Hall–Kier alpha value is -1.89. The third-order valence-corrected chi connectivity index (χ3v) is 9.28. The van der Waals surface area contributed by atoms with Crippen LogP contribution in [0.2, 0.25) is 5.02 Å². The maximum atomic E-state index is 13.4. The van der Waals surface area contributed by atoms with E-state index in [0.29, 0.717) is 26.1 Å². The molecule has 3 aliphatic rings. The molecular formula is C28H36ClN3O2S. The lowest BCUT2D eigenvalue weighted by Crippen LogP contribution is -2.45. The lowest BCUT2D eigenvalue weighted by atomic mass is 9.93. The predicted octanol–water partition coefficient (Wildman–Crippen LogP) is 5.38. The molecule has 2 amide bonds. The third kappa shape index (κ3) is 5.92. The van der Waals surface area contributed by atoms with Gasteiger partial charge in [0, 0.05) is 49.0 Å². The first-order valence-corrected chi connectivity index (χ1v) is 14.5. The van der Waals surface area contributed by atoms with Gasteiger partial charge in [-0.25, -0.2) is 0 Å². The van der Waals surface area contributed by atoms with Crippen molar-refractivity contribution in [3.05, 3.63) is 56.7 Å². The van der Waals surface area contributed by atoms with Gasteiger partial charge in [0.15, 0.2) is 0 Å². The van der Waals surface area contributed by atoms with Crippen molar-refractivity contribution >= 4 is 34.8 Å². The second-order valence-corrected chi connectivity index (χ2v) is 11.7. The lowest BCUT2D eigenvalue weighted by Gasteiger charge is -2.37. The molecule has 1 saturated carbocycles. The van der Waals surface area contributed by atoms with Crippen LogP contribution in [0.15, 0.2) is 35.7 Å². The van der Waals surface area contributed by atoms with Gasteiger partial charge in [-0.05, 0) is 59.9 Å². The summed E-state index contributed by atoms with van der Waals surface area (Å²) in [6.45, 7) is 4.06. The Morgan fingerprint density at radius 2 is 1.60 bits per heavy atom. The molecule has 0 bridgehead atoms. The fourth-order valence-electron chi connectivity index (χ4n) is 6.05. The molecule has 1 atom stereocenters. The van der Waals surface area contributed by atoms with Crippen LogP contribution in [-0.2, 0) is 16.0 Å². The summed E-state index contributed by atoms with van der Waals surface area (Å²) in [5.41, 5.74) is 2.49. The van der Waals surface area contributed by atoms with Crippen LogP contribution < -0.4 is 0 Å². The van der Waals surface area contributed by atoms with Gasteiger partial charge in [-0.15, -0.1) is 11.3 Å². The van der Waals surface area contributed by atoms with Crippen LogP contribution in [0.1, 0.15) is 67.0 Å². The van der Waals surface area contributed by atoms with Crippen LogP contribution >= 0.6 is 22.9 Å². The summed E-state index contributed by atoms with van der Waals surface area (Å²) < 4.78 is 0. The Morgan fingerprint density at radius 1 is 0.886 bits per heavy atom. The first-order chi connectivity index (χ1) is 17.1. The molecule has 0 radical (unpaired) electrons. The zero-order valence-corrected chi connectivity index (χ0v) is 22.0. The van der Waals surface area contributed by atoms with Gasteiger partial charge in [-0.2, -0.15) is 0 Å². The largest absolute Gasteiger partial charge is 0.341 e. The van der Waals surface area contributed by atoms with Crippen molar-refractivity contribution in [1.29, 1.82) is 0 Å². The summed E-state index contributed by atoms with van der Waals surface area (Å²) in [4.78, 5) is 34.0. The van der Waals surface area contributed by atoms with Gasteiger partial charge in [0.1, 0.15) is 0 Å². The quantitative estimate of drug-likeness (QED) is 0.521. The number of nitrogens with zero attached hydrogens (tertiary/aromatic N) is 3. The molecule has 0 N–H and O–H groups in total. The van der Waals surface area contributed by atoms with Crippen molar-refractivity contribution in [2.24, 2.45) is 5.92 Å². The molecule has 2 aliphatic heterocycles. The van der Waals surface area contributed by atoms with Gasteiger partial charge >= 0.3 is 0 Å². The van der Waals surface area contributed by atoms with Crippen LogP contribution in [0.5, 0.6) is 0 Å². The van der Waals surface area contributed by atoms with E-state index in [4.69, 9.17) is 11.6 Å². The van der Waals surface area contributed by atoms with Crippen molar-refractivity contribution in [3.63, 3.8) is 0 Å². The van der Waals surface area contributed by atoms with E-state index in [9.17, 15) is 9.59 Å². The van der Waals surface area contributed by atoms with Crippen LogP contribution in [0.25, 0.3) is 0 Å². The second kappa shape index (κ2) is 11.4. The molecule has 3 heterocycles. The van der Waals surface area contributed by atoms with Gasteiger partial charge in [0.25, 0.3) is 0 Å². The van der Waals surface area contributed by atoms with Crippen molar-refractivity contribution in [2.75, 3.05) is 39.3 Å². The number of hydrogen-bond donors (Lipinski definition) is 0. The first kappa shape index (κ1) is 24.8. The molecule has 1 aromatic carbocycles. The molecule has 35 heavy (non-hydrogen) atoms. The lowest BCUT2D eigenvalue weighted by molar-refractivity contribution is -0.134. The number of amides is 2. The monoisotopic (exact) mass is 513 g/mol. The number of hydrogen-bond acceptors (Lipinski definition) is 4. The van der Waals surface area contributed by atoms with Crippen molar-refractivity contribution in [3.8, 4) is 0 Å². The Balaban J connectivity index is 1.20. The molecule has 1 aromatic heterocycles. The number of rotatable bonds is 6. The van der Waals surface area contributed by atoms with Crippen LogP contribution in [0.4, 0.5) is 0 Å². The summed E-state index contributed by atoms with van der Waals surface area (Å²) in [5.74, 6) is 1.18. The molecule has 0 unspecified atom stereocenters. The summed E-state index contributed by atoms with van der Waals surface area (Å²) in [6.07, 6.45) is 8.75. The molecule has 2 fully saturated rings. The van der Waals surface area contributed by atoms with Crippen LogP contribution in [0, 0.1) is 5.92 Å². The van der Waals surface area contributed by atoms with Crippen molar-refractivity contribution in [2.45, 2.75) is 57.4 Å². The number of carbonyl (C=O) groups is 2. The molecular weight excluding hydrogens is 478 g/mol. The molecule has 0 spiro atoms. The number of thiophene rings is 1. The van der Waals surface area contributed by atoms with Crippen molar-refractivity contribution < 1.29 is 9.59 Å². The van der Waals surface area contributed by atoms with Gasteiger partial charge in [-0.1, -0.05) is 49.4 Å². The average Bonchev–Trinajstić information content (AvgIpc) is 3.50. The fourth-order valence-corrected chi connectivity index (χ4v) is 7.08. The number of halogens is 1. The maximum absolute atomic E-state index is 13.4. The molecule has 5 nitrogen and oxygen atoms in total. The maximum Gasteiger partial charge on any atom is 0.236 e. The van der Waals surface area contributed by atoms with E-state index in [0.717, 1.165) is 49.8 Å².